The quantitative estimate of drug-likeness (QED) is 0.837. The molecule has 0 saturated carbocycles. The Morgan fingerprint density at radius 2 is 2.17 bits per heavy atom. The Balaban J connectivity index is 2.72. The number of hydrogen-bond acceptors (Lipinski definition) is 3. The Bertz CT molecular complexity index is 422. The van der Waals surface area contributed by atoms with Crippen LogP contribution in [0, 0.1) is 18.3 Å². The Labute approximate surface area is 110 Å². The van der Waals surface area contributed by atoms with Gasteiger partial charge in [0.2, 0.25) is 0 Å². The predicted molar refractivity (Wildman–Crippen MR) is 76.8 cm³/mol. The van der Waals surface area contributed by atoms with Crippen LogP contribution >= 0.6 is 0 Å². The van der Waals surface area contributed by atoms with Gasteiger partial charge in [0.25, 0.3) is 0 Å². The van der Waals surface area contributed by atoms with Crippen molar-refractivity contribution in [2.45, 2.75) is 32.7 Å². The molecule has 0 aromatic heterocycles. The smallest absolute Gasteiger partial charge is 0.105 e. The van der Waals surface area contributed by atoms with E-state index in [1.807, 2.05) is 14.0 Å². The summed E-state index contributed by atoms with van der Waals surface area (Å²) in [5.41, 5.74) is 2.05. The molecular weight excluding hydrogens is 222 g/mol. The molecule has 0 aliphatic carbocycles. The van der Waals surface area contributed by atoms with Gasteiger partial charge in [-0.2, -0.15) is 5.26 Å². The van der Waals surface area contributed by atoms with Gasteiger partial charge in [-0.3, -0.25) is 0 Å². The van der Waals surface area contributed by atoms with Crippen molar-refractivity contribution in [3.63, 3.8) is 0 Å². The lowest BCUT2D eigenvalue weighted by atomic mass is 10.00. The molecule has 0 fully saturated rings. The highest BCUT2D eigenvalue weighted by molar-refractivity contribution is 5.48. The van der Waals surface area contributed by atoms with Gasteiger partial charge < -0.3 is 10.2 Å². The van der Waals surface area contributed by atoms with E-state index in [-0.39, 0.29) is 0 Å². The molecule has 0 aliphatic rings. The van der Waals surface area contributed by atoms with E-state index in [9.17, 15) is 0 Å². The van der Waals surface area contributed by atoms with Crippen molar-refractivity contribution in [2.24, 2.45) is 0 Å². The van der Waals surface area contributed by atoms with Crippen molar-refractivity contribution in [3.8, 4) is 6.07 Å². The first-order valence-corrected chi connectivity index (χ1v) is 6.46. The molecule has 0 bridgehead atoms. The van der Waals surface area contributed by atoms with Gasteiger partial charge in [-0.1, -0.05) is 12.1 Å². The SMILES string of the molecule is CCN(CCC(C)(C#N)NC)c1cccc(C)c1. The Hall–Kier alpha value is -1.53. The maximum absolute atomic E-state index is 9.15. The Kier molecular flexibility index (Phi) is 5.18. The van der Waals surface area contributed by atoms with Gasteiger partial charge >= 0.3 is 0 Å². The summed E-state index contributed by atoms with van der Waals surface area (Å²) in [4.78, 5) is 2.31. The van der Waals surface area contributed by atoms with Gasteiger partial charge in [0.15, 0.2) is 0 Å². The van der Waals surface area contributed by atoms with E-state index in [0.29, 0.717) is 0 Å². The fourth-order valence-corrected chi connectivity index (χ4v) is 1.89. The summed E-state index contributed by atoms with van der Waals surface area (Å²) in [6.07, 6.45) is 0.807. The predicted octanol–water partition coefficient (Wildman–Crippen LogP) is 2.71. The molecule has 1 unspecified atom stereocenters. The normalized spacial score (nSPS) is 13.7. The third kappa shape index (κ3) is 3.75. The molecule has 1 aromatic carbocycles. The van der Waals surface area contributed by atoms with Crippen LogP contribution in [0.1, 0.15) is 25.8 Å². The van der Waals surface area contributed by atoms with Crippen LogP contribution in [-0.4, -0.2) is 25.7 Å². The summed E-state index contributed by atoms with van der Waals surface area (Å²) in [6.45, 7) is 8.02. The Morgan fingerprint density at radius 3 is 2.67 bits per heavy atom. The lowest BCUT2D eigenvalue weighted by Crippen LogP contribution is -2.41. The first-order valence-electron chi connectivity index (χ1n) is 6.46. The van der Waals surface area contributed by atoms with Crippen LogP contribution in [-0.2, 0) is 0 Å². The van der Waals surface area contributed by atoms with Gasteiger partial charge in [0, 0.05) is 18.8 Å². The molecule has 0 heterocycles. The fourth-order valence-electron chi connectivity index (χ4n) is 1.89. The molecule has 0 radical (unpaired) electrons. The minimum absolute atomic E-state index is 0.447. The molecule has 3 heteroatoms. The average molecular weight is 245 g/mol. The van der Waals surface area contributed by atoms with Gasteiger partial charge in [-0.15, -0.1) is 0 Å². The number of rotatable bonds is 6. The number of aryl methyl sites for hydroxylation is 1. The van der Waals surface area contributed by atoms with Crippen molar-refractivity contribution < 1.29 is 0 Å². The van der Waals surface area contributed by atoms with Gasteiger partial charge in [-0.25, -0.2) is 0 Å². The van der Waals surface area contributed by atoms with E-state index >= 15 is 0 Å². The van der Waals surface area contributed by atoms with E-state index in [4.69, 9.17) is 5.26 Å². The molecule has 0 aliphatic heterocycles. The third-order valence-electron chi connectivity index (χ3n) is 3.43. The average Bonchev–Trinajstić information content (AvgIpc) is 2.39. The highest BCUT2D eigenvalue weighted by Crippen LogP contribution is 2.18. The first kappa shape index (κ1) is 14.5. The zero-order valence-electron chi connectivity index (χ0n) is 11.8. The summed E-state index contributed by atoms with van der Waals surface area (Å²) in [5, 5.41) is 12.2. The largest absolute Gasteiger partial charge is 0.372 e. The van der Waals surface area contributed by atoms with Crippen LogP contribution in [0.25, 0.3) is 0 Å². The second-order valence-corrected chi connectivity index (χ2v) is 4.86. The van der Waals surface area contributed by atoms with Crippen LogP contribution in [0.15, 0.2) is 24.3 Å². The number of nitriles is 1. The summed E-state index contributed by atoms with van der Waals surface area (Å²) < 4.78 is 0. The molecule has 0 amide bonds. The molecule has 1 rings (SSSR count). The summed E-state index contributed by atoms with van der Waals surface area (Å²) in [7, 11) is 1.84. The second-order valence-electron chi connectivity index (χ2n) is 4.86. The van der Waals surface area contributed by atoms with Crippen LogP contribution < -0.4 is 10.2 Å². The molecule has 0 spiro atoms. The standard InChI is InChI=1S/C15H23N3/c1-5-18(10-9-15(3,12-16)17-4)14-8-6-7-13(2)11-14/h6-8,11,17H,5,9-10H2,1-4H3. The summed E-state index contributed by atoms with van der Waals surface area (Å²) in [5.74, 6) is 0. The molecule has 18 heavy (non-hydrogen) atoms. The van der Waals surface area contributed by atoms with Crippen molar-refractivity contribution in [2.75, 3.05) is 25.0 Å². The summed E-state index contributed by atoms with van der Waals surface area (Å²) >= 11 is 0. The number of nitrogens with zero attached hydrogens (tertiary/aromatic N) is 2. The van der Waals surface area contributed by atoms with Gasteiger partial charge in [0.05, 0.1) is 6.07 Å². The number of anilines is 1. The topological polar surface area (TPSA) is 39.1 Å². The van der Waals surface area contributed by atoms with Crippen molar-refractivity contribution in [1.29, 1.82) is 5.26 Å². The van der Waals surface area contributed by atoms with E-state index < -0.39 is 5.54 Å². The minimum atomic E-state index is -0.447. The van der Waals surface area contributed by atoms with Gasteiger partial charge in [-0.05, 0) is 51.9 Å². The lowest BCUT2D eigenvalue weighted by molar-refractivity contribution is 0.455. The minimum Gasteiger partial charge on any atom is -0.372 e. The van der Waals surface area contributed by atoms with Crippen molar-refractivity contribution in [1.82, 2.24) is 5.32 Å². The molecule has 1 atom stereocenters. The summed E-state index contributed by atoms with van der Waals surface area (Å²) in [6, 6.07) is 10.8. The third-order valence-corrected chi connectivity index (χ3v) is 3.43. The molecule has 1 N–H and O–H groups in total. The molecular formula is C15H23N3. The first-order chi connectivity index (χ1) is 8.54. The maximum Gasteiger partial charge on any atom is 0.105 e. The second kappa shape index (κ2) is 6.42. The fraction of sp³-hybridized carbons (Fsp3) is 0.533. The van der Waals surface area contributed by atoms with E-state index in [1.54, 1.807) is 0 Å². The number of benzene rings is 1. The van der Waals surface area contributed by atoms with Gasteiger partial charge in [0.1, 0.15) is 5.54 Å². The zero-order valence-corrected chi connectivity index (χ0v) is 11.8. The van der Waals surface area contributed by atoms with Crippen LogP contribution in [0.3, 0.4) is 0 Å². The number of hydrogen-bond donors (Lipinski definition) is 1. The maximum atomic E-state index is 9.15. The van der Waals surface area contributed by atoms with E-state index in [2.05, 4.69) is 54.4 Å². The van der Waals surface area contributed by atoms with Crippen LogP contribution in [0.2, 0.25) is 0 Å². The van der Waals surface area contributed by atoms with E-state index in [0.717, 1.165) is 19.5 Å². The monoisotopic (exact) mass is 245 g/mol. The Morgan fingerprint density at radius 1 is 1.44 bits per heavy atom. The highest BCUT2D eigenvalue weighted by Gasteiger charge is 2.21. The molecule has 98 valence electrons. The molecule has 0 saturated heterocycles. The zero-order chi connectivity index (χ0) is 13.6. The molecule has 3 nitrogen and oxygen atoms in total. The number of nitrogens with one attached hydrogen (secondary N) is 1. The van der Waals surface area contributed by atoms with Crippen molar-refractivity contribution >= 4 is 5.69 Å². The van der Waals surface area contributed by atoms with Crippen LogP contribution in [0.5, 0.6) is 0 Å². The van der Waals surface area contributed by atoms with Crippen LogP contribution in [0.4, 0.5) is 5.69 Å². The van der Waals surface area contributed by atoms with Crippen molar-refractivity contribution in [3.05, 3.63) is 29.8 Å². The lowest BCUT2D eigenvalue weighted by Gasteiger charge is -2.28. The highest BCUT2D eigenvalue weighted by atomic mass is 15.1. The molecule has 1 aromatic rings. The van der Waals surface area contributed by atoms with E-state index in [1.165, 1.54) is 11.3 Å².